The summed E-state index contributed by atoms with van der Waals surface area (Å²) in [5.74, 6) is -1.78. The van der Waals surface area contributed by atoms with E-state index in [0.29, 0.717) is 17.5 Å². The maximum atomic E-state index is 12.7. The number of benzene rings is 1. The van der Waals surface area contributed by atoms with Crippen LogP contribution < -0.4 is 5.32 Å². The van der Waals surface area contributed by atoms with E-state index in [1.54, 1.807) is 0 Å². The summed E-state index contributed by atoms with van der Waals surface area (Å²) in [5.41, 5.74) is 1.05. The zero-order chi connectivity index (χ0) is 16.4. The Kier molecular flexibility index (Phi) is 3.99. The number of hydrogen-bond acceptors (Lipinski definition) is 5. The number of alkyl halides is 3. The van der Waals surface area contributed by atoms with Crippen molar-refractivity contribution in [2.45, 2.75) is 12.6 Å². The summed E-state index contributed by atoms with van der Waals surface area (Å²) >= 11 is 0.755. The Morgan fingerprint density at radius 1 is 1.22 bits per heavy atom. The summed E-state index contributed by atoms with van der Waals surface area (Å²) in [6.45, 7) is 0.356. The Morgan fingerprint density at radius 3 is 2.65 bits per heavy atom. The molecular weight excluding hydrogens is 331 g/mol. The molecule has 2 aromatic heterocycles. The highest BCUT2D eigenvalue weighted by Gasteiger charge is 2.38. The first-order valence-electron chi connectivity index (χ1n) is 6.57. The molecule has 0 atom stereocenters. The van der Waals surface area contributed by atoms with Gasteiger partial charge in [-0.05, 0) is 12.0 Å². The van der Waals surface area contributed by atoms with Crippen molar-refractivity contribution in [3.63, 3.8) is 0 Å². The highest BCUT2D eigenvalue weighted by atomic mass is 32.1. The lowest BCUT2D eigenvalue weighted by Gasteiger charge is -2.03. The van der Waals surface area contributed by atoms with Gasteiger partial charge >= 0.3 is 6.18 Å². The van der Waals surface area contributed by atoms with Crippen LogP contribution in [0.5, 0.6) is 0 Å². The number of aromatic nitrogens is 4. The van der Waals surface area contributed by atoms with Crippen LogP contribution in [0.1, 0.15) is 21.2 Å². The van der Waals surface area contributed by atoms with Gasteiger partial charge in [-0.15, -0.1) is 15.3 Å². The number of carbonyl (C=O) groups excluding carboxylic acids is 1. The van der Waals surface area contributed by atoms with E-state index in [2.05, 4.69) is 20.6 Å². The number of halogens is 3. The van der Waals surface area contributed by atoms with Crippen LogP contribution in [0.4, 0.5) is 13.2 Å². The van der Waals surface area contributed by atoms with Crippen molar-refractivity contribution in [3.05, 3.63) is 46.7 Å². The van der Waals surface area contributed by atoms with Gasteiger partial charge in [-0.3, -0.25) is 4.79 Å². The molecule has 3 aromatic rings. The number of hydrogen-bond donors (Lipinski definition) is 1. The van der Waals surface area contributed by atoms with Crippen molar-refractivity contribution >= 4 is 22.2 Å². The number of rotatable bonds is 4. The molecule has 0 fully saturated rings. The molecule has 0 saturated heterocycles. The Hall–Kier alpha value is -2.49. The second-order valence-electron chi connectivity index (χ2n) is 4.61. The van der Waals surface area contributed by atoms with Crippen LogP contribution in [0.2, 0.25) is 0 Å². The number of amides is 1. The molecule has 0 spiro atoms. The lowest BCUT2D eigenvalue weighted by atomic mass is 10.1. The van der Waals surface area contributed by atoms with Crippen LogP contribution in [0.3, 0.4) is 0 Å². The van der Waals surface area contributed by atoms with Crippen molar-refractivity contribution in [3.8, 4) is 0 Å². The average molecular weight is 341 g/mol. The summed E-state index contributed by atoms with van der Waals surface area (Å²) in [7, 11) is 0. The topological polar surface area (TPSA) is 72.2 Å². The summed E-state index contributed by atoms with van der Waals surface area (Å²) in [6, 6.07) is 9.51. The average Bonchev–Trinajstić information content (AvgIpc) is 3.07. The minimum Gasteiger partial charge on any atom is -0.350 e. The molecule has 23 heavy (non-hydrogen) atoms. The third kappa shape index (κ3) is 3.31. The van der Waals surface area contributed by atoms with Crippen LogP contribution >= 0.6 is 11.3 Å². The minimum absolute atomic E-state index is 0.0782. The molecule has 1 N–H and O–H groups in total. The summed E-state index contributed by atoms with van der Waals surface area (Å²) in [5, 5.41) is 12.6. The third-order valence-corrected chi connectivity index (χ3v) is 3.88. The zero-order valence-corrected chi connectivity index (χ0v) is 12.4. The smallest absolute Gasteiger partial charge is 0.350 e. The fraction of sp³-hybridized carbons (Fsp3) is 0.231. The second kappa shape index (κ2) is 5.95. The van der Waals surface area contributed by atoms with Gasteiger partial charge in [0.25, 0.3) is 11.7 Å². The van der Waals surface area contributed by atoms with Gasteiger partial charge in [0.05, 0.1) is 0 Å². The SMILES string of the molecule is O=C(NCCc1ccccc1)c1nn2c(C(F)(F)F)nnc2s1. The normalized spacial score (nSPS) is 11.8. The fourth-order valence-corrected chi connectivity index (χ4v) is 2.68. The van der Waals surface area contributed by atoms with Gasteiger partial charge in [0.2, 0.25) is 9.97 Å². The maximum Gasteiger partial charge on any atom is 0.453 e. The van der Waals surface area contributed by atoms with E-state index >= 15 is 0 Å². The number of nitrogens with zero attached hydrogens (tertiary/aromatic N) is 4. The van der Waals surface area contributed by atoms with Gasteiger partial charge < -0.3 is 5.32 Å². The van der Waals surface area contributed by atoms with E-state index in [9.17, 15) is 18.0 Å². The van der Waals surface area contributed by atoms with Crippen LogP contribution in [-0.2, 0) is 12.6 Å². The molecule has 10 heteroatoms. The monoisotopic (exact) mass is 341 g/mol. The fourth-order valence-electron chi connectivity index (χ4n) is 1.93. The Morgan fingerprint density at radius 2 is 1.96 bits per heavy atom. The molecule has 0 aliphatic heterocycles. The molecule has 0 radical (unpaired) electrons. The van der Waals surface area contributed by atoms with Crippen LogP contribution in [0.25, 0.3) is 4.96 Å². The van der Waals surface area contributed by atoms with E-state index in [-0.39, 0.29) is 9.97 Å². The number of nitrogens with one attached hydrogen (secondary N) is 1. The third-order valence-electron chi connectivity index (χ3n) is 2.98. The highest BCUT2D eigenvalue weighted by molar-refractivity contribution is 7.18. The molecule has 0 aliphatic rings. The standard InChI is InChI=1S/C13H10F3N5OS/c14-13(15,16)11-18-19-12-21(11)20-10(23-12)9(22)17-7-6-8-4-2-1-3-5-8/h1-5H,6-7H2,(H,17,22). The van der Waals surface area contributed by atoms with Crippen LogP contribution in [0, 0.1) is 0 Å². The summed E-state index contributed by atoms with van der Waals surface area (Å²) in [6.07, 6.45) is -4.06. The molecule has 0 bridgehead atoms. The summed E-state index contributed by atoms with van der Waals surface area (Å²) in [4.78, 5) is 11.9. The molecule has 2 heterocycles. The number of carbonyl (C=O) groups is 1. The van der Waals surface area contributed by atoms with Gasteiger partial charge in [0.1, 0.15) is 0 Å². The highest BCUT2D eigenvalue weighted by Crippen LogP contribution is 2.28. The van der Waals surface area contributed by atoms with Gasteiger partial charge in [-0.1, -0.05) is 41.7 Å². The Labute approximate surface area is 132 Å². The van der Waals surface area contributed by atoms with Crippen molar-refractivity contribution in [2.24, 2.45) is 0 Å². The van der Waals surface area contributed by atoms with E-state index in [4.69, 9.17) is 0 Å². The molecule has 0 unspecified atom stereocenters. The second-order valence-corrected chi connectivity index (χ2v) is 5.57. The van der Waals surface area contributed by atoms with Crippen LogP contribution in [0.15, 0.2) is 30.3 Å². The van der Waals surface area contributed by atoms with Crippen molar-refractivity contribution in [2.75, 3.05) is 6.54 Å². The molecule has 1 amide bonds. The quantitative estimate of drug-likeness (QED) is 0.789. The zero-order valence-electron chi connectivity index (χ0n) is 11.5. The van der Waals surface area contributed by atoms with Gasteiger partial charge in [0.15, 0.2) is 0 Å². The van der Waals surface area contributed by atoms with E-state index < -0.39 is 17.9 Å². The number of fused-ring (bicyclic) bond motifs is 1. The van der Waals surface area contributed by atoms with E-state index in [1.165, 1.54) is 0 Å². The Bertz CT molecular complexity index is 827. The molecule has 0 saturated carbocycles. The first-order valence-corrected chi connectivity index (χ1v) is 7.38. The van der Waals surface area contributed by atoms with E-state index in [1.807, 2.05) is 30.3 Å². The lowest BCUT2D eigenvalue weighted by Crippen LogP contribution is -2.26. The maximum absolute atomic E-state index is 12.7. The van der Waals surface area contributed by atoms with Gasteiger partial charge in [0, 0.05) is 6.54 Å². The molecule has 0 aliphatic carbocycles. The van der Waals surface area contributed by atoms with Crippen LogP contribution in [-0.4, -0.2) is 32.3 Å². The van der Waals surface area contributed by atoms with Crippen molar-refractivity contribution in [1.82, 2.24) is 25.1 Å². The predicted octanol–water partition coefficient (Wildman–Crippen LogP) is 2.18. The van der Waals surface area contributed by atoms with Crippen molar-refractivity contribution in [1.29, 1.82) is 0 Å². The molecular formula is C13H10F3N5OS. The summed E-state index contributed by atoms with van der Waals surface area (Å²) < 4.78 is 38.6. The van der Waals surface area contributed by atoms with Crippen molar-refractivity contribution < 1.29 is 18.0 Å². The molecule has 3 rings (SSSR count). The molecule has 6 nitrogen and oxygen atoms in total. The lowest BCUT2D eigenvalue weighted by molar-refractivity contribution is -0.146. The Balaban J connectivity index is 1.68. The largest absolute Gasteiger partial charge is 0.453 e. The minimum atomic E-state index is -4.67. The predicted molar refractivity (Wildman–Crippen MR) is 76.1 cm³/mol. The van der Waals surface area contributed by atoms with Gasteiger partial charge in [-0.2, -0.15) is 17.7 Å². The molecule has 1 aromatic carbocycles. The van der Waals surface area contributed by atoms with Gasteiger partial charge in [-0.25, -0.2) is 0 Å². The first kappa shape index (κ1) is 15.4. The molecule has 120 valence electrons. The van der Waals surface area contributed by atoms with E-state index in [0.717, 1.165) is 16.9 Å². The first-order chi connectivity index (χ1) is 10.9.